The maximum atomic E-state index is 13.2. The number of aromatic amines is 2. The summed E-state index contributed by atoms with van der Waals surface area (Å²) in [6.45, 7) is 11.7. The summed E-state index contributed by atoms with van der Waals surface area (Å²) < 4.78 is 0. The standard InChI is InChI=1S/C26H38N6O/c1-4-11-31-12-14-32(15-13-31)26-28-25(29-30-26)24(33)17-20(10-9-19(2)3)16-21-18-27-23-8-6-5-7-22(21)23/h5-8,18-20,27H,4,9-17H2,1-3H3,(H,28,29,30). The molecule has 3 heterocycles. The lowest BCUT2D eigenvalue weighted by Gasteiger charge is -2.33. The van der Waals surface area contributed by atoms with E-state index < -0.39 is 0 Å². The summed E-state index contributed by atoms with van der Waals surface area (Å²) in [6.07, 6.45) is 6.80. The summed E-state index contributed by atoms with van der Waals surface area (Å²) in [7, 11) is 0. The normalized spacial score (nSPS) is 16.1. The largest absolute Gasteiger partial charge is 0.361 e. The third kappa shape index (κ3) is 6.02. The van der Waals surface area contributed by atoms with Gasteiger partial charge in [-0.2, -0.15) is 4.98 Å². The molecule has 1 aliphatic heterocycles. The van der Waals surface area contributed by atoms with Crippen molar-refractivity contribution in [2.24, 2.45) is 11.8 Å². The molecular formula is C26H38N6O. The number of piperazine rings is 1. The summed E-state index contributed by atoms with van der Waals surface area (Å²) >= 11 is 0. The Morgan fingerprint density at radius 3 is 2.67 bits per heavy atom. The lowest BCUT2D eigenvalue weighted by atomic mass is 9.88. The molecule has 2 N–H and O–H groups in total. The van der Waals surface area contributed by atoms with Crippen molar-refractivity contribution in [2.45, 2.75) is 52.9 Å². The fourth-order valence-corrected chi connectivity index (χ4v) is 4.82. The van der Waals surface area contributed by atoms with E-state index in [9.17, 15) is 4.79 Å². The average molecular weight is 451 g/mol. The first-order valence-electron chi connectivity index (χ1n) is 12.5. The van der Waals surface area contributed by atoms with Gasteiger partial charge in [-0.25, -0.2) is 0 Å². The van der Waals surface area contributed by atoms with E-state index in [4.69, 9.17) is 0 Å². The fraction of sp³-hybridized carbons (Fsp3) is 0.577. The van der Waals surface area contributed by atoms with Gasteiger partial charge in [-0.1, -0.05) is 45.4 Å². The van der Waals surface area contributed by atoms with Gasteiger partial charge in [-0.05, 0) is 49.3 Å². The molecule has 0 radical (unpaired) electrons. The zero-order chi connectivity index (χ0) is 23.2. The van der Waals surface area contributed by atoms with E-state index >= 15 is 0 Å². The van der Waals surface area contributed by atoms with Crippen LogP contribution in [0.15, 0.2) is 30.5 Å². The van der Waals surface area contributed by atoms with Gasteiger partial charge in [0.15, 0.2) is 11.6 Å². The molecule has 178 valence electrons. The highest BCUT2D eigenvalue weighted by molar-refractivity contribution is 5.93. The maximum absolute atomic E-state index is 13.2. The third-order valence-corrected chi connectivity index (χ3v) is 6.74. The van der Waals surface area contributed by atoms with Gasteiger partial charge in [0.25, 0.3) is 0 Å². The monoisotopic (exact) mass is 450 g/mol. The van der Waals surface area contributed by atoms with Crippen LogP contribution in [0.4, 0.5) is 5.95 Å². The number of ketones is 1. The first-order valence-corrected chi connectivity index (χ1v) is 12.5. The molecule has 1 aromatic carbocycles. The molecule has 0 bridgehead atoms. The quantitative estimate of drug-likeness (QED) is 0.414. The van der Waals surface area contributed by atoms with Crippen molar-refractivity contribution in [3.05, 3.63) is 41.9 Å². The number of carbonyl (C=O) groups is 1. The number of hydrogen-bond acceptors (Lipinski definition) is 5. The second-order valence-corrected chi connectivity index (χ2v) is 9.84. The molecule has 33 heavy (non-hydrogen) atoms. The van der Waals surface area contributed by atoms with Gasteiger partial charge in [-0.15, -0.1) is 5.10 Å². The van der Waals surface area contributed by atoms with Crippen molar-refractivity contribution in [1.82, 2.24) is 25.1 Å². The summed E-state index contributed by atoms with van der Waals surface area (Å²) in [5.74, 6) is 2.02. The van der Waals surface area contributed by atoms with Crippen molar-refractivity contribution in [3.8, 4) is 0 Å². The van der Waals surface area contributed by atoms with E-state index in [0.29, 0.717) is 24.1 Å². The second kappa shape index (κ2) is 11.0. The van der Waals surface area contributed by atoms with E-state index in [-0.39, 0.29) is 11.7 Å². The van der Waals surface area contributed by atoms with Crippen molar-refractivity contribution in [1.29, 1.82) is 0 Å². The molecule has 0 aliphatic carbocycles. The van der Waals surface area contributed by atoms with Crippen molar-refractivity contribution in [2.75, 3.05) is 37.6 Å². The summed E-state index contributed by atoms with van der Waals surface area (Å²) in [5, 5.41) is 8.55. The summed E-state index contributed by atoms with van der Waals surface area (Å²) in [6, 6.07) is 8.39. The minimum atomic E-state index is 0.0620. The summed E-state index contributed by atoms with van der Waals surface area (Å²) in [4.78, 5) is 25.8. The van der Waals surface area contributed by atoms with Crippen LogP contribution in [-0.2, 0) is 6.42 Å². The third-order valence-electron chi connectivity index (χ3n) is 6.74. The number of hydrogen-bond donors (Lipinski definition) is 2. The molecule has 3 aromatic rings. The van der Waals surface area contributed by atoms with E-state index in [0.717, 1.165) is 57.5 Å². The van der Waals surface area contributed by atoms with Gasteiger partial charge in [0.05, 0.1) is 0 Å². The molecule has 4 rings (SSSR count). The smallest absolute Gasteiger partial charge is 0.245 e. The van der Waals surface area contributed by atoms with Gasteiger partial charge >= 0.3 is 0 Å². The highest BCUT2D eigenvalue weighted by atomic mass is 16.1. The van der Waals surface area contributed by atoms with E-state index in [1.165, 1.54) is 17.4 Å². The molecule has 1 aliphatic rings. The lowest BCUT2D eigenvalue weighted by molar-refractivity contribution is 0.0947. The molecule has 1 atom stereocenters. The number of nitrogens with one attached hydrogen (secondary N) is 2. The molecular weight excluding hydrogens is 412 g/mol. The Hall–Kier alpha value is -2.67. The molecule has 7 heteroatoms. The van der Waals surface area contributed by atoms with E-state index in [1.807, 2.05) is 6.07 Å². The fourth-order valence-electron chi connectivity index (χ4n) is 4.82. The number of Topliss-reactive ketones (excluding diaryl/α,β-unsaturated/α-hetero) is 1. The van der Waals surface area contributed by atoms with Crippen molar-refractivity contribution < 1.29 is 4.79 Å². The Balaban J connectivity index is 1.40. The second-order valence-electron chi connectivity index (χ2n) is 9.84. The number of anilines is 1. The Morgan fingerprint density at radius 1 is 1.12 bits per heavy atom. The average Bonchev–Trinajstić information content (AvgIpc) is 3.46. The summed E-state index contributed by atoms with van der Waals surface area (Å²) in [5.41, 5.74) is 2.44. The van der Waals surface area contributed by atoms with Gasteiger partial charge < -0.3 is 9.88 Å². The topological polar surface area (TPSA) is 80.9 Å². The van der Waals surface area contributed by atoms with E-state index in [1.54, 1.807) is 0 Å². The lowest BCUT2D eigenvalue weighted by Crippen LogP contribution is -2.46. The zero-order valence-corrected chi connectivity index (χ0v) is 20.3. The van der Waals surface area contributed by atoms with E-state index in [2.05, 4.69) is 75.1 Å². The predicted octanol–water partition coefficient (Wildman–Crippen LogP) is 4.69. The molecule has 7 nitrogen and oxygen atoms in total. The molecule has 1 fully saturated rings. The molecule has 1 saturated heterocycles. The number of para-hydroxylation sites is 1. The van der Waals surface area contributed by atoms with Crippen LogP contribution in [0.25, 0.3) is 10.9 Å². The highest BCUT2D eigenvalue weighted by Crippen LogP contribution is 2.26. The molecule has 1 unspecified atom stereocenters. The number of aromatic nitrogens is 4. The maximum Gasteiger partial charge on any atom is 0.245 e. The van der Waals surface area contributed by atoms with Gasteiger partial charge in [-0.3, -0.25) is 14.8 Å². The number of rotatable bonds is 11. The van der Waals surface area contributed by atoms with Crippen LogP contribution in [0.3, 0.4) is 0 Å². The van der Waals surface area contributed by atoms with Crippen LogP contribution >= 0.6 is 0 Å². The number of H-pyrrole nitrogens is 2. The van der Waals surface area contributed by atoms with Crippen molar-refractivity contribution in [3.63, 3.8) is 0 Å². The Kier molecular flexibility index (Phi) is 7.81. The van der Waals surface area contributed by atoms with Crippen LogP contribution in [0.2, 0.25) is 0 Å². The molecule has 2 aromatic heterocycles. The molecule has 0 amide bonds. The van der Waals surface area contributed by atoms with Gasteiger partial charge in [0, 0.05) is 49.7 Å². The zero-order valence-electron chi connectivity index (χ0n) is 20.3. The Morgan fingerprint density at radius 2 is 1.91 bits per heavy atom. The Labute approximate surface area is 197 Å². The van der Waals surface area contributed by atoms with Crippen LogP contribution in [0.1, 0.15) is 62.6 Å². The minimum absolute atomic E-state index is 0.0620. The highest BCUT2D eigenvalue weighted by Gasteiger charge is 2.23. The Bertz CT molecular complexity index is 1030. The predicted molar refractivity (Wildman–Crippen MR) is 134 cm³/mol. The van der Waals surface area contributed by atoms with Crippen LogP contribution in [-0.4, -0.2) is 63.6 Å². The van der Waals surface area contributed by atoms with Crippen molar-refractivity contribution >= 4 is 22.6 Å². The first-order chi connectivity index (χ1) is 16.0. The number of fused-ring (bicyclic) bond motifs is 1. The minimum Gasteiger partial charge on any atom is -0.361 e. The number of carbonyl (C=O) groups excluding carboxylic acids is 1. The SMILES string of the molecule is CCCN1CCN(c2n[nH]c(C(=O)CC(CCC(C)C)Cc3c[nH]c4ccccc34)n2)CC1. The first kappa shape index (κ1) is 23.5. The van der Waals surface area contributed by atoms with Crippen LogP contribution < -0.4 is 4.90 Å². The molecule has 0 spiro atoms. The van der Waals surface area contributed by atoms with Gasteiger partial charge in [0.2, 0.25) is 5.95 Å². The number of nitrogens with zero attached hydrogens (tertiary/aromatic N) is 4. The van der Waals surface area contributed by atoms with Crippen LogP contribution in [0, 0.1) is 11.8 Å². The van der Waals surface area contributed by atoms with Gasteiger partial charge in [0.1, 0.15) is 0 Å². The van der Waals surface area contributed by atoms with Crippen LogP contribution in [0.5, 0.6) is 0 Å². The number of benzene rings is 1. The molecule has 0 saturated carbocycles.